The van der Waals surface area contributed by atoms with E-state index >= 15 is 0 Å². The van der Waals surface area contributed by atoms with Crippen molar-refractivity contribution in [2.24, 2.45) is 5.41 Å². The molecule has 0 saturated carbocycles. The zero-order chi connectivity index (χ0) is 35.1. The SMILES string of the molecule is C=C/C(=C\c1c(C)n(-c2ccc(-c3ccc(-c4ccc(-c5ccc(B(O)O)cc5)cc4)cc3)cc2)c2ccc(C(C)(C)C)cc12)C(C)(C)C. The van der Waals surface area contributed by atoms with E-state index in [-0.39, 0.29) is 10.8 Å². The summed E-state index contributed by atoms with van der Waals surface area (Å²) in [6, 6.07) is 40.3. The lowest BCUT2D eigenvalue weighted by atomic mass is 9.80. The summed E-state index contributed by atoms with van der Waals surface area (Å²) in [5.74, 6) is 0. The van der Waals surface area contributed by atoms with Crippen LogP contribution in [-0.2, 0) is 5.41 Å². The second-order valence-electron chi connectivity index (χ2n) is 15.1. The summed E-state index contributed by atoms with van der Waals surface area (Å²) < 4.78 is 2.39. The van der Waals surface area contributed by atoms with Crippen molar-refractivity contribution in [1.82, 2.24) is 4.57 Å². The van der Waals surface area contributed by atoms with Crippen molar-refractivity contribution in [3.8, 4) is 39.1 Å². The Kier molecular flexibility index (Phi) is 9.15. The summed E-state index contributed by atoms with van der Waals surface area (Å²) in [7, 11) is -1.45. The van der Waals surface area contributed by atoms with E-state index in [1.54, 1.807) is 12.1 Å². The molecule has 6 rings (SSSR count). The normalized spacial score (nSPS) is 12.4. The number of allylic oxidation sites excluding steroid dienone is 2. The second-order valence-corrected chi connectivity index (χ2v) is 15.1. The Balaban J connectivity index is 1.29. The molecule has 1 aromatic heterocycles. The molecule has 0 atom stereocenters. The molecule has 6 aromatic rings. The quantitative estimate of drug-likeness (QED) is 0.134. The molecule has 5 aromatic carbocycles. The van der Waals surface area contributed by atoms with E-state index in [0.717, 1.165) is 27.9 Å². The fourth-order valence-electron chi connectivity index (χ4n) is 6.52. The smallest absolute Gasteiger partial charge is 0.423 e. The number of hydrogen-bond donors (Lipinski definition) is 2. The van der Waals surface area contributed by atoms with Gasteiger partial charge in [-0.1, -0.05) is 145 Å². The Morgan fingerprint density at radius 3 is 1.45 bits per heavy atom. The molecule has 0 radical (unpaired) electrons. The minimum absolute atomic E-state index is 0.00896. The molecule has 0 aliphatic carbocycles. The zero-order valence-corrected chi connectivity index (χ0v) is 29.8. The first kappa shape index (κ1) is 34.0. The van der Waals surface area contributed by atoms with Gasteiger partial charge in [0.15, 0.2) is 0 Å². The lowest BCUT2D eigenvalue weighted by Crippen LogP contribution is -2.29. The van der Waals surface area contributed by atoms with E-state index < -0.39 is 7.12 Å². The maximum atomic E-state index is 9.37. The Morgan fingerprint density at radius 1 is 0.633 bits per heavy atom. The van der Waals surface area contributed by atoms with Gasteiger partial charge in [-0.25, -0.2) is 0 Å². The Morgan fingerprint density at radius 2 is 1.06 bits per heavy atom. The standard InChI is InChI=1S/C45H46BNO2/c1-9-37(44(3,4)5)28-41-30(2)47(43-27-22-38(29-42(41)43)45(6,7)8)40-25-20-36(21-26-40)34-16-12-32(13-17-34)31-10-14-33(15-11-31)35-18-23-39(24-19-35)46(48)49/h9-29,48-49H,1H2,2-8H3/b37-28+. The summed E-state index contributed by atoms with van der Waals surface area (Å²) in [5.41, 5.74) is 14.7. The van der Waals surface area contributed by atoms with Crippen molar-refractivity contribution in [2.45, 2.75) is 53.9 Å². The fourth-order valence-corrected chi connectivity index (χ4v) is 6.52. The highest BCUT2D eigenvalue weighted by Gasteiger charge is 2.21. The molecular formula is C45H46BNO2. The molecule has 2 N–H and O–H groups in total. The third kappa shape index (κ3) is 6.99. The Bertz CT molecular complexity index is 2140. The maximum absolute atomic E-state index is 9.37. The predicted octanol–water partition coefficient (Wildman–Crippen LogP) is 10.5. The number of benzene rings is 5. The summed E-state index contributed by atoms with van der Waals surface area (Å²) >= 11 is 0. The summed E-state index contributed by atoms with van der Waals surface area (Å²) in [5, 5.41) is 20.0. The van der Waals surface area contributed by atoms with Gasteiger partial charge in [-0.2, -0.15) is 0 Å². The number of hydrogen-bond acceptors (Lipinski definition) is 2. The van der Waals surface area contributed by atoms with E-state index in [9.17, 15) is 10.0 Å². The van der Waals surface area contributed by atoms with Crippen LogP contribution in [0.5, 0.6) is 0 Å². The molecule has 0 aliphatic rings. The first-order chi connectivity index (χ1) is 23.2. The van der Waals surface area contributed by atoms with Crippen molar-refractivity contribution < 1.29 is 10.0 Å². The average Bonchev–Trinajstić information content (AvgIpc) is 3.36. The monoisotopic (exact) mass is 643 g/mol. The van der Waals surface area contributed by atoms with Gasteiger partial charge < -0.3 is 14.6 Å². The minimum atomic E-state index is -1.45. The van der Waals surface area contributed by atoms with Gasteiger partial charge in [0.1, 0.15) is 0 Å². The lowest BCUT2D eigenvalue weighted by molar-refractivity contribution is 0.426. The Labute approximate surface area is 292 Å². The van der Waals surface area contributed by atoms with Gasteiger partial charge in [0.2, 0.25) is 0 Å². The summed E-state index contributed by atoms with van der Waals surface area (Å²) in [6.45, 7) is 19.9. The van der Waals surface area contributed by atoms with Crippen LogP contribution in [0.15, 0.2) is 133 Å². The van der Waals surface area contributed by atoms with Gasteiger partial charge in [0.05, 0.1) is 5.52 Å². The van der Waals surface area contributed by atoms with Crippen LogP contribution in [0.1, 0.15) is 58.4 Å². The first-order valence-corrected chi connectivity index (χ1v) is 17.0. The predicted molar refractivity (Wildman–Crippen MR) is 210 cm³/mol. The van der Waals surface area contributed by atoms with Crippen molar-refractivity contribution in [3.63, 3.8) is 0 Å². The van der Waals surface area contributed by atoms with Crippen LogP contribution in [0.25, 0.3) is 56.0 Å². The van der Waals surface area contributed by atoms with Crippen molar-refractivity contribution in [2.75, 3.05) is 0 Å². The first-order valence-electron chi connectivity index (χ1n) is 17.0. The molecule has 1 heterocycles. The van der Waals surface area contributed by atoms with E-state index in [2.05, 4.69) is 157 Å². The van der Waals surface area contributed by atoms with E-state index in [0.29, 0.717) is 5.46 Å². The lowest BCUT2D eigenvalue weighted by Gasteiger charge is -2.21. The van der Waals surface area contributed by atoms with Crippen LogP contribution in [0.4, 0.5) is 0 Å². The van der Waals surface area contributed by atoms with Gasteiger partial charge >= 0.3 is 7.12 Å². The van der Waals surface area contributed by atoms with Crippen LogP contribution < -0.4 is 5.46 Å². The molecule has 49 heavy (non-hydrogen) atoms. The average molecular weight is 644 g/mol. The van der Waals surface area contributed by atoms with Gasteiger partial charge in [0, 0.05) is 22.3 Å². The topological polar surface area (TPSA) is 45.4 Å². The van der Waals surface area contributed by atoms with Crippen LogP contribution in [-0.4, -0.2) is 21.7 Å². The van der Waals surface area contributed by atoms with E-state index in [4.69, 9.17) is 0 Å². The molecule has 0 saturated heterocycles. The maximum Gasteiger partial charge on any atom is 0.488 e. The molecule has 0 aliphatic heterocycles. The highest BCUT2D eigenvalue weighted by molar-refractivity contribution is 6.58. The van der Waals surface area contributed by atoms with Gasteiger partial charge in [-0.05, 0) is 98.1 Å². The molecule has 0 bridgehead atoms. The van der Waals surface area contributed by atoms with Crippen LogP contribution in [0, 0.1) is 12.3 Å². The van der Waals surface area contributed by atoms with Gasteiger partial charge in [-0.15, -0.1) is 0 Å². The van der Waals surface area contributed by atoms with Crippen molar-refractivity contribution >= 4 is 29.6 Å². The second kappa shape index (κ2) is 13.2. The van der Waals surface area contributed by atoms with Crippen molar-refractivity contribution in [1.29, 1.82) is 0 Å². The van der Waals surface area contributed by atoms with E-state index in [1.807, 2.05) is 18.2 Å². The molecule has 0 amide bonds. The number of aromatic nitrogens is 1. The molecule has 0 unspecified atom stereocenters. The third-order valence-corrected chi connectivity index (χ3v) is 9.61. The minimum Gasteiger partial charge on any atom is -0.423 e. The molecule has 0 fully saturated rings. The summed E-state index contributed by atoms with van der Waals surface area (Å²) in [6.07, 6.45) is 4.33. The number of fused-ring (bicyclic) bond motifs is 1. The number of nitrogens with zero attached hydrogens (tertiary/aromatic N) is 1. The van der Waals surface area contributed by atoms with E-state index in [1.165, 1.54) is 44.4 Å². The Hall–Kier alpha value is -4.90. The molecule has 0 spiro atoms. The molecule has 4 heteroatoms. The zero-order valence-electron chi connectivity index (χ0n) is 29.8. The molecule has 246 valence electrons. The van der Waals surface area contributed by atoms with Crippen molar-refractivity contribution in [3.05, 3.63) is 150 Å². The van der Waals surface area contributed by atoms with Crippen LogP contribution in [0.2, 0.25) is 0 Å². The highest BCUT2D eigenvalue weighted by Crippen LogP contribution is 2.37. The van der Waals surface area contributed by atoms with Crippen LogP contribution >= 0.6 is 0 Å². The highest BCUT2D eigenvalue weighted by atomic mass is 16.4. The fraction of sp³-hybridized carbons (Fsp3) is 0.200. The largest absolute Gasteiger partial charge is 0.488 e. The third-order valence-electron chi connectivity index (χ3n) is 9.61. The summed E-state index contributed by atoms with van der Waals surface area (Å²) in [4.78, 5) is 0. The van der Waals surface area contributed by atoms with Gasteiger partial charge in [0.25, 0.3) is 0 Å². The van der Waals surface area contributed by atoms with Gasteiger partial charge in [-0.3, -0.25) is 0 Å². The molecular weight excluding hydrogens is 597 g/mol. The number of rotatable bonds is 7. The molecule has 3 nitrogen and oxygen atoms in total. The van der Waals surface area contributed by atoms with Crippen LogP contribution in [0.3, 0.4) is 0 Å².